The minimum Gasteiger partial charge on any atom is -0.343 e. The average molecular weight is 287 g/mol. The smallest absolute Gasteiger partial charge is 0.187 e. The zero-order valence-electron chi connectivity index (χ0n) is 12.2. The summed E-state index contributed by atoms with van der Waals surface area (Å²) in [6.45, 7) is 0.746. The van der Waals surface area contributed by atoms with E-state index in [0.29, 0.717) is 5.56 Å². The Kier molecular flexibility index (Phi) is 4.30. The van der Waals surface area contributed by atoms with Crippen molar-refractivity contribution in [3.8, 4) is 0 Å². The maximum absolute atomic E-state index is 12.3. The number of hydrogen-bond acceptors (Lipinski definition) is 2. The first-order valence-corrected chi connectivity index (χ1v) is 7.29. The molecule has 1 heterocycles. The molecule has 0 amide bonds. The number of ketones is 1. The molecule has 22 heavy (non-hydrogen) atoms. The van der Waals surface area contributed by atoms with Gasteiger partial charge >= 0.3 is 0 Å². The summed E-state index contributed by atoms with van der Waals surface area (Å²) >= 11 is 0. The fourth-order valence-electron chi connectivity index (χ4n) is 2.36. The maximum Gasteiger partial charge on any atom is 0.187 e. The van der Waals surface area contributed by atoms with E-state index in [4.69, 9.17) is 0 Å². The van der Waals surface area contributed by atoms with Crippen molar-refractivity contribution in [1.82, 2.24) is 4.90 Å². The first kappa shape index (κ1) is 14.1. The van der Waals surface area contributed by atoms with E-state index in [1.54, 1.807) is 6.08 Å². The third-order valence-electron chi connectivity index (χ3n) is 3.51. The molecule has 108 valence electrons. The van der Waals surface area contributed by atoms with Crippen molar-refractivity contribution in [2.45, 2.75) is 6.54 Å². The molecule has 0 radical (unpaired) electrons. The lowest BCUT2D eigenvalue weighted by molar-refractivity contribution is 0.104. The van der Waals surface area contributed by atoms with E-state index in [1.807, 2.05) is 73.0 Å². The lowest BCUT2D eigenvalue weighted by Gasteiger charge is -2.23. The summed E-state index contributed by atoms with van der Waals surface area (Å²) in [7, 11) is 0. The van der Waals surface area contributed by atoms with Gasteiger partial charge in [0, 0.05) is 30.1 Å². The van der Waals surface area contributed by atoms with Gasteiger partial charge in [0.25, 0.3) is 0 Å². The molecule has 0 spiro atoms. The molecule has 1 aliphatic rings. The van der Waals surface area contributed by atoms with Crippen LogP contribution >= 0.6 is 0 Å². The predicted molar refractivity (Wildman–Crippen MR) is 89.1 cm³/mol. The predicted octanol–water partition coefficient (Wildman–Crippen LogP) is 4.34. The lowest BCUT2D eigenvalue weighted by atomic mass is 10.1. The van der Waals surface area contributed by atoms with Gasteiger partial charge in [-0.15, -0.1) is 0 Å². The minimum atomic E-state index is 0.0219. The maximum atomic E-state index is 12.3. The van der Waals surface area contributed by atoms with Crippen molar-refractivity contribution in [3.05, 3.63) is 108 Å². The minimum absolute atomic E-state index is 0.0219. The fraction of sp³-hybridized carbons (Fsp3) is 0.0500. The summed E-state index contributed by atoms with van der Waals surface area (Å²) in [5.74, 6) is 0.0219. The van der Waals surface area contributed by atoms with Gasteiger partial charge in [-0.3, -0.25) is 4.79 Å². The zero-order valence-corrected chi connectivity index (χ0v) is 12.2. The van der Waals surface area contributed by atoms with Crippen LogP contribution in [0.5, 0.6) is 0 Å². The van der Waals surface area contributed by atoms with Crippen molar-refractivity contribution in [1.29, 1.82) is 0 Å². The van der Waals surface area contributed by atoms with Gasteiger partial charge in [-0.2, -0.15) is 0 Å². The number of nitrogens with zero attached hydrogens (tertiary/aromatic N) is 1. The lowest BCUT2D eigenvalue weighted by Crippen LogP contribution is -2.17. The van der Waals surface area contributed by atoms with Gasteiger partial charge in [0.15, 0.2) is 5.78 Å². The SMILES string of the molecule is O=C(/C=C1\C=CC=CN1Cc1ccccc1)c1ccccc1. The molecule has 2 aromatic carbocycles. The highest BCUT2D eigenvalue weighted by atomic mass is 16.1. The number of allylic oxidation sites excluding steroid dienone is 4. The first-order chi connectivity index (χ1) is 10.8. The van der Waals surface area contributed by atoms with E-state index >= 15 is 0 Å². The van der Waals surface area contributed by atoms with E-state index in [1.165, 1.54) is 5.56 Å². The van der Waals surface area contributed by atoms with Crippen LogP contribution < -0.4 is 0 Å². The molecular weight excluding hydrogens is 270 g/mol. The van der Waals surface area contributed by atoms with Crippen LogP contribution in [0.25, 0.3) is 0 Å². The van der Waals surface area contributed by atoms with Crippen molar-refractivity contribution in [2.24, 2.45) is 0 Å². The second kappa shape index (κ2) is 6.72. The largest absolute Gasteiger partial charge is 0.343 e. The molecule has 0 unspecified atom stereocenters. The topological polar surface area (TPSA) is 20.3 Å². The molecule has 3 rings (SSSR count). The highest BCUT2D eigenvalue weighted by Crippen LogP contribution is 2.17. The highest BCUT2D eigenvalue weighted by Gasteiger charge is 2.10. The molecule has 2 nitrogen and oxygen atoms in total. The molecule has 2 heteroatoms. The number of carbonyl (C=O) groups is 1. The van der Waals surface area contributed by atoms with Crippen LogP contribution in [0.15, 0.2) is 96.9 Å². The van der Waals surface area contributed by atoms with Crippen molar-refractivity contribution in [2.75, 3.05) is 0 Å². The molecule has 0 saturated carbocycles. The van der Waals surface area contributed by atoms with Crippen LogP contribution in [0.4, 0.5) is 0 Å². The molecule has 0 bridgehead atoms. The Hall–Kier alpha value is -2.87. The summed E-state index contributed by atoms with van der Waals surface area (Å²) < 4.78 is 0. The van der Waals surface area contributed by atoms with Crippen molar-refractivity contribution < 1.29 is 4.79 Å². The van der Waals surface area contributed by atoms with E-state index in [9.17, 15) is 4.79 Å². The molecular formula is C20H17NO. The second-order valence-corrected chi connectivity index (χ2v) is 5.11. The van der Waals surface area contributed by atoms with Gasteiger partial charge in [-0.1, -0.05) is 66.7 Å². The van der Waals surface area contributed by atoms with E-state index in [-0.39, 0.29) is 5.78 Å². The number of rotatable bonds is 4. The monoisotopic (exact) mass is 287 g/mol. The quantitative estimate of drug-likeness (QED) is 0.616. The van der Waals surface area contributed by atoms with Crippen molar-refractivity contribution in [3.63, 3.8) is 0 Å². The molecule has 0 atom stereocenters. The normalized spacial score (nSPS) is 15.3. The van der Waals surface area contributed by atoms with Gasteiger partial charge in [0.2, 0.25) is 0 Å². The van der Waals surface area contributed by atoms with Gasteiger partial charge in [0.05, 0.1) is 0 Å². The summed E-state index contributed by atoms with van der Waals surface area (Å²) in [5.41, 5.74) is 2.82. The molecule has 0 fully saturated rings. The van der Waals surface area contributed by atoms with Gasteiger partial charge in [-0.05, 0) is 17.7 Å². The van der Waals surface area contributed by atoms with Gasteiger partial charge in [-0.25, -0.2) is 0 Å². The standard InChI is InChI=1S/C20H17NO/c22-20(18-11-5-2-6-12-18)15-19-13-7-8-14-21(19)16-17-9-3-1-4-10-17/h1-15H,16H2/b19-15+. The Morgan fingerprint density at radius 2 is 1.59 bits per heavy atom. The van der Waals surface area contributed by atoms with Crippen LogP contribution in [0.2, 0.25) is 0 Å². The third-order valence-corrected chi connectivity index (χ3v) is 3.51. The Morgan fingerprint density at radius 3 is 2.32 bits per heavy atom. The Morgan fingerprint density at radius 1 is 0.909 bits per heavy atom. The van der Waals surface area contributed by atoms with Crippen LogP contribution in [-0.2, 0) is 6.54 Å². The van der Waals surface area contributed by atoms with Crippen molar-refractivity contribution >= 4 is 5.78 Å². The molecule has 0 aromatic heterocycles. The van der Waals surface area contributed by atoms with E-state index < -0.39 is 0 Å². The third kappa shape index (κ3) is 3.41. The number of hydrogen-bond donors (Lipinski definition) is 0. The van der Waals surface area contributed by atoms with Crippen LogP contribution in [0.3, 0.4) is 0 Å². The van der Waals surface area contributed by atoms with Crippen LogP contribution in [-0.4, -0.2) is 10.7 Å². The highest BCUT2D eigenvalue weighted by molar-refractivity contribution is 6.05. The summed E-state index contributed by atoms with van der Waals surface area (Å²) in [6, 6.07) is 19.6. The van der Waals surface area contributed by atoms with E-state index in [0.717, 1.165) is 12.2 Å². The molecule has 2 aromatic rings. The first-order valence-electron chi connectivity index (χ1n) is 7.29. The van der Waals surface area contributed by atoms with Gasteiger partial charge in [0.1, 0.15) is 0 Å². The van der Waals surface area contributed by atoms with Crippen LogP contribution in [0.1, 0.15) is 15.9 Å². The molecule has 0 N–H and O–H groups in total. The Bertz CT molecular complexity index is 727. The number of carbonyl (C=O) groups excluding carboxylic acids is 1. The average Bonchev–Trinajstić information content (AvgIpc) is 2.58. The molecule has 0 aliphatic carbocycles. The molecule has 0 saturated heterocycles. The Labute approximate surface area is 130 Å². The summed E-state index contributed by atoms with van der Waals surface area (Å²) in [6.07, 6.45) is 9.58. The Balaban J connectivity index is 1.81. The zero-order chi connectivity index (χ0) is 15.2. The van der Waals surface area contributed by atoms with E-state index in [2.05, 4.69) is 17.0 Å². The fourth-order valence-corrected chi connectivity index (χ4v) is 2.36. The molecule has 1 aliphatic heterocycles. The van der Waals surface area contributed by atoms with Gasteiger partial charge < -0.3 is 4.90 Å². The number of benzene rings is 2. The summed E-state index contributed by atoms with van der Waals surface area (Å²) in [4.78, 5) is 14.4. The van der Waals surface area contributed by atoms with Crippen LogP contribution in [0, 0.1) is 0 Å². The summed E-state index contributed by atoms with van der Waals surface area (Å²) in [5, 5.41) is 0. The second-order valence-electron chi connectivity index (χ2n) is 5.11.